The van der Waals surface area contributed by atoms with Gasteiger partial charge in [-0.3, -0.25) is 0 Å². The summed E-state index contributed by atoms with van der Waals surface area (Å²) in [5.74, 6) is -0.537. The molecular weight excluding hydrogens is 429 g/mol. The van der Waals surface area contributed by atoms with E-state index in [2.05, 4.69) is 4.74 Å². The van der Waals surface area contributed by atoms with Crippen LogP contribution in [-0.2, 0) is 9.53 Å². The molecule has 5 heteroatoms. The van der Waals surface area contributed by atoms with Gasteiger partial charge >= 0.3 is 5.97 Å². The average Bonchev–Trinajstić information content (AvgIpc) is 2.18. The molecule has 1 N–H and O–H groups in total. The van der Waals surface area contributed by atoms with E-state index in [-0.39, 0.29) is 49.8 Å². The van der Waals surface area contributed by atoms with Crippen LogP contribution in [0, 0.1) is 44.1 Å². The minimum Gasteiger partial charge on any atom is -0.698 e. The number of esters is 1. The summed E-state index contributed by atoms with van der Waals surface area (Å²) in [5, 5.41) is 0.597. The summed E-state index contributed by atoms with van der Waals surface area (Å²) in [6.07, 6.45) is 1.11. The van der Waals surface area contributed by atoms with Crippen molar-refractivity contribution >= 4 is 23.3 Å². The third kappa shape index (κ3) is 5.01. The largest absolute Gasteiger partial charge is 0.698 e. The van der Waals surface area contributed by atoms with E-state index in [1.54, 1.807) is 24.3 Å². The molecule has 0 spiro atoms. The van der Waals surface area contributed by atoms with Crippen LogP contribution < -0.4 is 0 Å². The van der Waals surface area contributed by atoms with Crippen molar-refractivity contribution in [2.24, 2.45) is 0 Å². The van der Waals surface area contributed by atoms with Gasteiger partial charge in [-0.05, 0) is 17.7 Å². The number of hydrogen-bond acceptors (Lipinski definition) is 2. The van der Waals surface area contributed by atoms with Crippen LogP contribution in [-0.4, -0.2) is 13.1 Å². The molecule has 0 heterocycles. The van der Waals surface area contributed by atoms with Crippen LogP contribution in [0.4, 0.5) is 0 Å². The Morgan fingerprint density at radius 2 is 1.93 bits per heavy atom. The molecular formula is C10H9AcClNO2-. The molecule has 0 aliphatic heterocycles. The molecule has 0 bridgehead atoms. The predicted molar refractivity (Wildman–Crippen MR) is 55.8 cm³/mol. The summed E-state index contributed by atoms with van der Waals surface area (Å²) < 4.78 is 4.40. The number of carbonyl (C=O) groups excluding carboxylic acids is 1. The van der Waals surface area contributed by atoms with E-state index in [1.807, 2.05) is 0 Å². The maximum Gasteiger partial charge on any atom is 0.329 e. The molecule has 1 aromatic rings. The van der Waals surface area contributed by atoms with E-state index in [0.717, 1.165) is 6.08 Å². The van der Waals surface area contributed by atoms with Gasteiger partial charge in [0.1, 0.15) is 0 Å². The van der Waals surface area contributed by atoms with Gasteiger partial charge in [0.15, 0.2) is 0 Å². The summed E-state index contributed by atoms with van der Waals surface area (Å²) in [4.78, 5) is 10.8. The molecule has 0 saturated carbocycles. The van der Waals surface area contributed by atoms with E-state index in [4.69, 9.17) is 17.3 Å². The number of benzene rings is 1. The number of ether oxygens (including phenoxy) is 1. The van der Waals surface area contributed by atoms with Gasteiger partial charge in [0, 0.05) is 55.2 Å². The average molecular weight is 438 g/mol. The van der Waals surface area contributed by atoms with Crippen LogP contribution in [0.25, 0.3) is 11.4 Å². The Bertz CT molecular complexity index is 362. The third-order valence-electron chi connectivity index (χ3n) is 1.62. The van der Waals surface area contributed by atoms with Gasteiger partial charge in [-0.2, -0.15) is 0 Å². The molecule has 0 unspecified atom stereocenters. The van der Waals surface area contributed by atoms with Crippen molar-refractivity contribution in [3.05, 3.63) is 46.7 Å². The second kappa shape index (κ2) is 7.27. The maximum atomic E-state index is 10.8. The quantitative estimate of drug-likeness (QED) is 0.528. The fourth-order valence-corrected chi connectivity index (χ4v) is 1.02. The van der Waals surface area contributed by atoms with Crippen LogP contribution in [0.5, 0.6) is 0 Å². The van der Waals surface area contributed by atoms with Crippen molar-refractivity contribution in [3.63, 3.8) is 0 Å². The Morgan fingerprint density at radius 1 is 1.40 bits per heavy atom. The fraction of sp³-hybridized carbons (Fsp3) is 0.100. The topological polar surface area (TPSA) is 50.1 Å². The van der Waals surface area contributed by atoms with Gasteiger partial charge in [-0.15, -0.1) is 5.70 Å². The molecule has 0 aliphatic rings. The number of methoxy groups -OCH3 is 1. The first-order valence-corrected chi connectivity index (χ1v) is 4.28. The number of rotatable bonds is 2. The maximum absolute atomic E-state index is 10.8. The second-order valence-corrected chi connectivity index (χ2v) is 3.02. The molecule has 1 aromatic carbocycles. The van der Waals surface area contributed by atoms with Gasteiger partial charge in [0.05, 0.1) is 7.11 Å². The van der Waals surface area contributed by atoms with Gasteiger partial charge < -0.3 is 10.5 Å². The van der Waals surface area contributed by atoms with E-state index in [0.29, 0.717) is 10.6 Å². The zero-order chi connectivity index (χ0) is 10.6. The van der Waals surface area contributed by atoms with Gasteiger partial charge in [-0.1, -0.05) is 23.7 Å². The second-order valence-electron chi connectivity index (χ2n) is 2.59. The van der Waals surface area contributed by atoms with Crippen molar-refractivity contribution in [2.75, 3.05) is 7.11 Å². The first kappa shape index (κ1) is 15.0. The normalized spacial score (nSPS) is 10.4. The van der Waals surface area contributed by atoms with Crippen LogP contribution in [0.1, 0.15) is 5.56 Å². The van der Waals surface area contributed by atoms with Crippen molar-refractivity contribution < 1.29 is 53.6 Å². The first-order chi connectivity index (χ1) is 6.63. The zero-order valence-corrected chi connectivity index (χ0v) is 13.7. The molecule has 0 aromatic heterocycles. The summed E-state index contributed by atoms with van der Waals surface area (Å²) >= 11 is 5.68. The number of hydrogen-bond donors (Lipinski definition) is 0. The van der Waals surface area contributed by atoms with E-state index in [9.17, 15) is 4.79 Å². The number of nitrogens with one attached hydrogen (secondary N) is 1. The molecule has 1 radical (unpaired) electrons. The third-order valence-corrected chi connectivity index (χ3v) is 1.87. The van der Waals surface area contributed by atoms with E-state index in [1.165, 1.54) is 7.11 Å². The van der Waals surface area contributed by atoms with Crippen molar-refractivity contribution in [3.8, 4) is 0 Å². The summed E-state index contributed by atoms with van der Waals surface area (Å²) in [6, 6.07) is 6.67. The summed E-state index contributed by atoms with van der Waals surface area (Å²) in [5.41, 5.74) is 8.26. The number of carbonyl (C=O) groups is 1. The Morgan fingerprint density at radius 3 is 2.40 bits per heavy atom. The molecule has 3 nitrogen and oxygen atoms in total. The molecule has 0 atom stereocenters. The fourth-order valence-electron chi connectivity index (χ4n) is 0.890. The molecule has 77 valence electrons. The van der Waals surface area contributed by atoms with E-state index < -0.39 is 5.97 Å². The Labute approximate surface area is 129 Å². The van der Waals surface area contributed by atoms with Crippen LogP contribution in [0.2, 0.25) is 5.02 Å². The summed E-state index contributed by atoms with van der Waals surface area (Å²) in [7, 11) is 1.27. The van der Waals surface area contributed by atoms with E-state index >= 15 is 0 Å². The van der Waals surface area contributed by atoms with Gasteiger partial charge in [0.25, 0.3) is 0 Å². The molecule has 15 heavy (non-hydrogen) atoms. The van der Waals surface area contributed by atoms with Crippen molar-refractivity contribution in [1.29, 1.82) is 0 Å². The molecule has 0 aliphatic carbocycles. The smallest absolute Gasteiger partial charge is 0.329 e. The first-order valence-electron chi connectivity index (χ1n) is 3.90. The molecule has 0 saturated heterocycles. The molecule has 0 amide bonds. The number of halogens is 1. The van der Waals surface area contributed by atoms with Gasteiger partial charge in [-0.25, -0.2) is 4.79 Å². The Balaban J connectivity index is 0.00000196. The Hall–Kier alpha value is -0.0384. The van der Waals surface area contributed by atoms with Crippen LogP contribution in [0.15, 0.2) is 30.3 Å². The zero-order valence-electron chi connectivity index (χ0n) is 8.16. The molecule has 0 fully saturated rings. The van der Waals surface area contributed by atoms with Crippen LogP contribution in [0.3, 0.4) is 0 Å². The molecule has 1 rings (SSSR count). The van der Waals surface area contributed by atoms with Crippen LogP contribution >= 0.6 is 11.6 Å². The van der Waals surface area contributed by atoms with Crippen molar-refractivity contribution in [1.82, 2.24) is 0 Å². The van der Waals surface area contributed by atoms with Gasteiger partial charge in [0.2, 0.25) is 0 Å². The monoisotopic (exact) mass is 437 g/mol. The predicted octanol–water partition coefficient (Wildman–Crippen LogP) is 2.91. The summed E-state index contributed by atoms with van der Waals surface area (Å²) in [6.45, 7) is 0. The SMILES string of the molecule is COC(=O)/C=C(\[NH-])c1ccc(Cl)cc1.[Ac]. The Kier molecular flexibility index (Phi) is 7.25. The standard InChI is InChI=1S/C10H10ClNO2.Ac/c1-14-10(13)6-9(12)7-2-4-8(11)5-3-7;/h2-6H,1H3,(H2,12,13);/p-1. The van der Waals surface area contributed by atoms with Crippen molar-refractivity contribution in [2.45, 2.75) is 0 Å². The minimum absolute atomic E-state index is 0. The minimum atomic E-state index is -0.537.